The highest BCUT2D eigenvalue weighted by Gasteiger charge is 2.26. The molecule has 0 bridgehead atoms. The van der Waals surface area contributed by atoms with Crippen molar-refractivity contribution in [1.29, 1.82) is 0 Å². The van der Waals surface area contributed by atoms with Crippen LogP contribution in [0.4, 0.5) is 0 Å². The molecule has 1 aliphatic heterocycles. The van der Waals surface area contributed by atoms with Gasteiger partial charge in [-0.25, -0.2) is 5.43 Å². The fourth-order valence-electron chi connectivity index (χ4n) is 2.70. The number of hydrogen-bond acceptors (Lipinski definition) is 3. The number of aromatic nitrogens is 1. The Morgan fingerprint density at radius 1 is 1.17 bits per heavy atom. The maximum Gasteiger partial charge on any atom is 0.277 e. The first-order chi connectivity index (χ1) is 11.0. The highest BCUT2D eigenvalue weighted by molar-refractivity contribution is 6.25. The number of fused-ring (bicyclic) bond motifs is 1. The van der Waals surface area contributed by atoms with Crippen molar-refractivity contribution in [3.63, 3.8) is 0 Å². The molecular formula is C18H21N3O2. The van der Waals surface area contributed by atoms with Gasteiger partial charge in [-0.1, -0.05) is 32.0 Å². The van der Waals surface area contributed by atoms with E-state index in [9.17, 15) is 4.79 Å². The van der Waals surface area contributed by atoms with Crippen molar-refractivity contribution >= 4 is 28.8 Å². The summed E-state index contributed by atoms with van der Waals surface area (Å²) in [5, 5.41) is 5.08. The first-order valence-electron chi connectivity index (χ1n) is 7.84. The minimum Gasteiger partial charge on any atom is -0.473 e. The maximum absolute atomic E-state index is 12.1. The molecule has 0 spiro atoms. The van der Waals surface area contributed by atoms with Gasteiger partial charge in [0.1, 0.15) is 5.57 Å². The topological polar surface area (TPSA) is 66.5 Å². The zero-order valence-electron chi connectivity index (χ0n) is 13.8. The molecule has 5 heteroatoms. The predicted molar refractivity (Wildman–Crippen MR) is 92.2 cm³/mol. The van der Waals surface area contributed by atoms with E-state index in [2.05, 4.69) is 35.4 Å². The van der Waals surface area contributed by atoms with Crippen LogP contribution in [-0.4, -0.2) is 22.9 Å². The molecule has 120 valence electrons. The van der Waals surface area contributed by atoms with Gasteiger partial charge in [0, 0.05) is 22.2 Å². The number of para-hydroxylation sites is 1. The zero-order chi connectivity index (χ0) is 16.6. The van der Waals surface area contributed by atoms with Crippen molar-refractivity contribution in [2.75, 3.05) is 0 Å². The van der Waals surface area contributed by atoms with E-state index < -0.39 is 0 Å². The van der Waals surface area contributed by atoms with Crippen LogP contribution < -0.4 is 5.43 Å². The Hall–Kier alpha value is -2.56. The molecule has 0 saturated carbocycles. The molecule has 2 aromatic rings. The summed E-state index contributed by atoms with van der Waals surface area (Å²) in [4.78, 5) is 15.6. The minimum atomic E-state index is -0.236. The van der Waals surface area contributed by atoms with E-state index in [4.69, 9.17) is 4.74 Å². The number of carbonyl (C=O) groups excluding carboxylic acids is 1. The summed E-state index contributed by atoms with van der Waals surface area (Å²) in [6.07, 6.45) is 1.83. The Labute approximate surface area is 135 Å². The predicted octanol–water partition coefficient (Wildman–Crippen LogP) is 3.54. The van der Waals surface area contributed by atoms with Gasteiger partial charge in [-0.15, -0.1) is 5.10 Å². The zero-order valence-corrected chi connectivity index (χ0v) is 13.8. The second-order valence-corrected chi connectivity index (χ2v) is 6.24. The van der Waals surface area contributed by atoms with Crippen LogP contribution in [0.2, 0.25) is 0 Å². The lowest BCUT2D eigenvalue weighted by Crippen LogP contribution is -2.16. The SMILES string of the molecule is CC(C)OC1=NNC(=O)C1=Cc1c(C(C)C)[nH]c2ccccc12. The number of aromatic amines is 1. The van der Waals surface area contributed by atoms with Gasteiger partial charge in [0.15, 0.2) is 0 Å². The lowest BCUT2D eigenvalue weighted by atomic mass is 10.0. The highest BCUT2D eigenvalue weighted by Crippen LogP contribution is 2.30. The van der Waals surface area contributed by atoms with Crippen molar-refractivity contribution in [1.82, 2.24) is 10.4 Å². The first kappa shape index (κ1) is 15.3. The fraction of sp³-hybridized carbons (Fsp3) is 0.333. The molecule has 0 unspecified atom stereocenters. The number of rotatable bonds is 3. The number of hydrogen-bond donors (Lipinski definition) is 2. The molecule has 2 N–H and O–H groups in total. The van der Waals surface area contributed by atoms with Crippen LogP contribution >= 0.6 is 0 Å². The number of H-pyrrole nitrogens is 1. The van der Waals surface area contributed by atoms with E-state index in [1.165, 1.54) is 0 Å². The van der Waals surface area contributed by atoms with Gasteiger partial charge >= 0.3 is 0 Å². The number of nitrogens with one attached hydrogen (secondary N) is 2. The Morgan fingerprint density at radius 3 is 2.61 bits per heavy atom. The van der Waals surface area contributed by atoms with Crippen molar-refractivity contribution in [2.24, 2.45) is 5.10 Å². The second-order valence-electron chi connectivity index (χ2n) is 6.24. The third kappa shape index (κ3) is 2.86. The first-order valence-corrected chi connectivity index (χ1v) is 7.84. The summed E-state index contributed by atoms with van der Waals surface area (Å²) >= 11 is 0. The second kappa shape index (κ2) is 5.91. The Balaban J connectivity index is 2.14. The molecule has 23 heavy (non-hydrogen) atoms. The lowest BCUT2D eigenvalue weighted by molar-refractivity contribution is -0.116. The van der Waals surface area contributed by atoms with E-state index in [0.717, 1.165) is 22.2 Å². The number of carbonyl (C=O) groups is 1. The van der Waals surface area contributed by atoms with Crippen LogP contribution in [0.25, 0.3) is 17.0 Å². The summed E-state index contributed by atoms with van der Waals surface area (Å²) in [5.41, 5.74) is 6.12. The Morgan fingerprint density at radius 2 is 1.91 bits per heavy atom. The molecule has 1 amide bonds. The molecule has 2 heterocycles. The van der Waals surface area contributed by atoms with E-state index in [0.29, 0.717) is 17.4 Å². The molecule has 0 aliphatic carbocycles. The lowest BCUT2D eigenvalue weighted by Gasteiger charge is -2.09. The fourth-order valence-corrected chi connectivity index (χ4v) is 2.70. The summed E-state index contributed by atoms with van der Waals surface area (Å²) in [7, 11) is 0. The number of nitrogens with zero attached hydrogens (tertiary/aromatic N) is 1. The van der Waals surface area contributed by atoms with Crippen molar-refractivity contribution in [3.05, 3.63) is 41.1 Å². The van der Waals surface area contributed by atoms with Gasteiger partial charge in [-0.2, -0.15) is 0 Å². The van der Waals surface area contributed by atoms with Crippen LogP contribution in [0.15, 0.2) is 34.9 Å². The highest BCUT2D eigenvalue weighted by atomic mass is 16.5. The molecule has 0 radical (unpaired) electrons. The molecule has 3 rings (SSSR count). The molecule has 1 aliphatic rings. The van der Waals surface area contributed by atoms with Crippen molar-refractivity contribution < 1.29 is 9.53 Å². The molecule has 1 aromatic heterocycles. The van der Waals surface area contributed by atoms with Crippen molar-refractivity contribution in [3.8, 4) is 0 Å². The van der Waals surface area contributed by atoms with Crippen LogP contribution in [0.5, 0.6) is 0 Å². The Kier molecular flexibility index (Phi) is 3.94. The van der Waals surface area contributed by atoms with Gasteiger partial charge in [0.05, 0.1) is 6.10 Å². The maximum atomic E-state index is 12.1. The summed E-state index contributed by atoms with van der Waals surface area (Å²) in [6.45, 7) is 8.07. The average Bonchev–Trinajstić information content (AvgIpc) is 3.03. The third-order valence-corrected chi connectivity index (χ3v) is 3.72. The van der Waals surface area contributed by atoms with Gasteiger partial charge in [0.25, 0.3) is 5.91 Å². The van der Waals surface area contributed by atoms with Gasteiger partial charge in [0.2, 0.25) is 5.90 Å². The molecular weight excluding hydrogens is 290 g/mol. The molecule has 0 fully saturated rings. The number of hydrazone groups is 1. The molecule has 0 saturated heterocycles. The normalized spacial score (nSPS) is 16.5. The minimum absolute atomic E-state index is 0.0441. The number of benzene rings is 1. The monoisotopic (exact) mass is 311 g/mol. The summed E-state index contributed by atoms with van der Waals surface area (Å²) in [5.74, 6) is 0.427. The molecule has 5 nitrogen and oxygen atoms in total. The molecule has 1 aromatic carbocycles. The van der Waals surface area contributed by atoms with E-state index in [-0.39, 0.29) is 12.0 Å². The van der Waals surface area contributed by atoms with Crippen LogP contribution in [-0.2, 0) is 9.53 Å². The smallest absolute Gasteiger partial charge is 0.277 e. The van der Waals surface area contributed by atoms with Crippen molar-refractivity contribution in [2.45, 2.75) is 39.7 Å². The van der Waals surface area contributed by atoms with Gasteiger partial charge in [-0.05, 0) is 31.9 Å². The van der Waals surface area contributed by atoms with E-state index in [1.807, 2.05) is 38.1 Å². The van der Waals surface area contributed by atoms with Gasteiger partial charge in [-0.3, -0.25) is 4.79 Å². The van der Waals surface area contributed by atoms with Crippen LogP contribution in [0, 0.1) is 0 Å². The Bertz CT molecular complexity index is 813. The quantitative estimate of drug-likeness (QED) is 0.851. The number of ether oxygens (including phenoxy) is 1. The number of amides is 1. The summed E-state index contributed by atoms with van der Waals surface area (Å²) in [6, 6.07) is 8.09. The van der Waals surface area contributed by atoms with E-state index in [1.54, 1.807) is 0 Å². The average molecular weight is 311 g/mol. The molecule has 0 atom stereocenters. The van der Waals surface area contributed by atoms with E-state index >= 15 is 0 Å². The largest absolute Gasteiger partial charge is 0.473 e. The standard InChI is InChI=1S/C18H21N3O2/c1-10(2)16-13(12-7-5-6-8-15(12)19-16)9-14-17(22)20-21-18(14)23-11(3)4/h5-11,19H,1-4H3,(H,20,22). The van der Waals surface area contributed by atoms with Crippen LogP contribution in [0.3, 0.4) is 0 Å². The summed E-state index contributed by atoms with van der Waals surface area (Å²) < 4.78 is 5.64. The van der Waals surface area contributed by atoms with Crippen LogP contribution in [0.1, 0.15) is 44.9 Å². The third-order valence-electron chi connectivity index (χ3n) is 3.72. The van der Waals surface area contributed by atoms with Gasteiger partial charge < -0.3 is 9.72 Å².